The van der Waals surface area contributed by atoms with Crippen molar-refractivity contribution in [2.75, 3.05) is 13.1 Å². The predicted molar refractivity (Wildman–Crippen MR) is 94.3 cm³/mol. The molecule has 2 aliphatic carbocycles. The van der Waals surface area contributed by atoms with Crippen LogP contribution in [0.5, 0.6) is 0 Å². The van der Waals surface area contributed by atoms with E-state index < -0.39 is 11.0 Å². The largest absolute Gasteiger partial charge is 0.299 e. The molecule has 0 bridgehead atoms. The number of benzene rings is 1. The topological polar surface area (TPSA) is 44.1 Å². The number of hydrogen-bond acceptors (Lipinski definition) is 3. The van der Waals surface area contributed by atoms with Gasteiger partial charge in [0.1, 0.15) is 11.3 Å². The molecule has 0 amide bonds. The third-order valence-corrected chi connectivity index (χ3v) is 6.50. The van der Waals surface area contributed by atoms with Crippen molar-refractivity contribution in [3.63, 3.8) is 0 Å². The summed E-state index contributed by atoms with van der Waals surface area (Å²) >= 11 is 0. The zero-order chi connectivity index (χ0) is 16.8. The first kappa shape index (κ1) is 15.6. The number of carbonyl (C=O) groups is 1. The summed E-state index contributed by atoms with van der Waals surface area (Å²) in [4.78, 5) is 15.1. The average Bonchev–Trinajstić information content (AvgIpc) is 2.85. The first-order valence-corrected chi connectivity index (χ1v) is 9.10. The van der Waals surface area contributed by atoms with Crippen LogP contribution in [0.15, 0.2) is 30.3 Å². The van der Waals surface area contributed by atoms with Gasteiger partial charge in [0.25, 0.3) is 0 Å². The number of fused-ring (bicyclic) bond motifs is 3. The summed E-state index contributed by atoms with van der Waals surface area (Å²) in [6.07, 6.45) is 9.70. The fourth-order valence-electron chi connectivity index (χ4n) is 5.25. The number of nitriles is 1. The summed E-state index contributed by atoms with van der Waals surface area (Å²) < 4.78 is 0. The van der Waals surface area contributed by atoms with E-state index in [1.807, 2.05) is 12.1 Å². The molecule has 1 aromatic rings. The molecule has 0 N–H and O–H groups in total. The first-order chi connectivity index (χ1) is 11.6. The number of Topliss-reactive ketones (excluding diaryl/α,β-unsaturated/α-hetero) is 1. The highest BCUT2D eigenvalue weighted by molar-refractivity contribution is 5.94. The summed E-state index contributed by atoms with van der Waals surface area (Å²) in [5.41, 5.74) is 1.23. The van der Waals surface area contributed by atoms with Gasteiger partial charge in [0.2, 0.25) is 0 Å². The van der Waals surface area contributed by atoms with Crippen molar-refractivity contribution in [2.45, 2.75) is 50.0 Å². The summed E-state index contributed by atoms with van der Waals surface area (Å²) in [7, 11) is 0. The molecule has 0 spiro atoms. The molecule has 1 aliphatic heterocycles. The van der Waals surface area contributed by atoms with E-state index in [0.29, 0.717) is 6.42 Å². The van der Waals surface area contributed by atoms with Crippen molar-refractivity contribution in [3.8, 4) is 6.07 Å². The van der Waals surface area contributed by atoms with Crippen LogP contribution in [0.1, 0.15) is 50.2 Å². The lowest BCUT2D eigenvalue weighted by Gasteiger charge is -2.63. The lowest BCUT2D eigenvalue weighted by atomic mass is 9.43. The van der Waals surface area contributed by atoms with E-state index in [1.54, 1.807) is 6.92 Å². The molecule has 2 fully saturated rings. The fourth-order valence-corrected chi connectivity index (χ4v) is 5.25. The molecule has 1 unspecified atom stereocenters. The van der Waals surface area contributed by atoms with Crippen LogP contribution in [0, 0.1) is 17.2 Å². The van der Waals surface area contributed by atoms with E-state index in [-0.39, 0.29) is 11.7 Å². The maximum atomic E-state index is 12.7. The minimum Gasteiger partial charge on any atom is -0.299 e. The minimum atomic E-state index is -0.514. The van der Waals surface area contributed by atoms with Gasteiger partial charge in [-0.05, 0) is 50.4 Å². The normalized spacial score (nSPS) is 35.1. The van der Waals surface area contributed by atoms with Crippen molar-refractivity contribution in [1.29, 1.82) is 5.26 Å². The van der Waals surface area contributed by atoms with Crippen molar-refractivity contribution < 1.29 is 4.79 Å². The molecule has 4 rings (SSSR count). The zero-order valence-corrected chi connectivity index (χ0v) is 14.3. The third kappa shape index (κ3) is 1.90. The van der Waals surface area contributed by atoms with Gasteiger partial charge < -0.3 is 0 Å². The Labute approximate surface area is 144 Å². The predicted octanol–water partition coefficient (Wildman–Crippen LogP) is 3.70. The highest BCUT2D eigenvalue weighted by atomic mass is 16.1. The summed E-state index contributed by atoms with van der Waals surface area (Å²) in [5.74, 6) is 0.172. The van der Waals surface area contributed by atoms with Gasteiger partial charge in [-0.1, -0.05) is 49.3 Å². The van der Waals surface area contributed by atoms with Crippen LogP contribution < -0.4 is 0 Å². The van der Waals surface area contributed by atoms with E-state index in [1.165, 1.54) is 12.8 Å². The number of nitrogens with zero attached hydrogens (tertiary/aromatic N) is 2. The lowest BCUT2D eigenvalue weighted by Crippen LogP contribution is -2.72. The molecule has 3 heteroatoms. The Morgan fingerprint density at radius 1 is 1.21 bits per heavy atom. The van der Waals surface area contributed by atoms with Gasteiger partial charge >= 0.3 is 0 Å². The molecule has 3 atom stereocenters. The average molecular weight is 320 g/mol. The summed E-state index contributed by atoms with van der Waals surface area (Å²) in [6, 6.07) is 10.8. The molecule has 1 heterocycles. The maximum Gasteiger partial charge on any atom is 0.141 e. The molecule has 124 valence electrons. The van der Waals surface area contributed by atoms with Crippen LogP contribution in [0.3, 0.4) is 0 Å². The van der Waals surface area contributed by atoms with E-state index in [2.05, 4.69) is 35.3 Å². The molecular formula is C21H24N2O. The summed E-state index contributed by atoms with van der Waals surface area (Å²) in [6.45, 7) is 3.66. The zero-order valence-electron chi connectivity index (χ0n) is 14.3. The number of rotatable bonds is 2. The van der Waals surface area contributed by atoms with Gasteiger partial charge in [-0.25, -0.2) is 0 Å². The Morgan fingerprint density at radius 3 is 2.58 bits per heavy atom. The Morgan fingerprint density at radius 2 is 1.92 bits per heavy atom. The Bertz CT molecular complexity index is 738. The fraction of sp³-hybridized carbons (Fsp3) is 0.524. The van der Waals surface area contributed by atoms with Crippen LogP contribution >= 0.6 is 0 Å². The highest BCUT2D eigenvalue weighted by Crippen LogP contribution is 2.61. The van der Waals surface area contributed by atoms with Crippen LogP contribution in [0.2, 0.25) is 0 Å². The van der Waals surface area contributed by atoms with E-state index in [0.717, 1.165) is 37.1 Å². The van der Waals surface area contributed by atoms with Gasteiger partial charge in [0.15, 0.2) is 0 Å². The van der Waals surface area contributed by atoms with Gasteiger partial charge in [-0.3, -0.25) is 9.69 Å². The number of ketones is 1. The Kier molecular flexibility index (Phi) is 3.62. The second kappa shape index (κ2) is 5.57. The SMILES string of the molecule is CC(=O)[C@]12C[C@](C#N)(N3CCCCCC3)C1C=Cc1ccccc12. The van der Waals surface area contributed by atoms with Gasteiger partial charge in [-0.2, -0.15) is 5.26 Å². The third-order valence-electron chi connectivity index (χ3n) is 6.50. The summed E-state index contributed by atoms with van der Waals surface area (Å²) in [5, 5.41) is 10.1. The number of carbonyl (C=O) groups excluding carboxylic acids is 1. The molecule has 3 nitrogen and oxygen atoms in total. The van der Waals surface area contributed by atoms with E-state index in [9.17, 15) is 10.1 Å². The quantitative estimate of drug-likeness (QED) is 0.834. The van der Waals surface area contributed by atoms with Crippen LogP contribution in [-0.2, 0) is 10.2 Å². The van der Waals surface area contributed by atoms with Crippen molar-refractivity contribution in [1.82, 2.24) is 4.90 Å². The monoisotopic (exact) mass is 320 g/mol. The van der Waals surface area contributed by atoms with E-state index >= 15 is 0 Å². The van der Waals surface area contributed by atoms with Gasteiger partial charge in [0.05, 0.1) is 11.5 Å². The van der Waals surface area contributed by atoms with Crippen LogP contribution in [0.4, 0.5) is 0 Å². The molecule has 3 aliphatic rings. The molecule has 24 heavy (non-hydrogen) atoms. The maximum absolute atomic E-state index is 12.7. The molecule has 1 aromatic carbocycles. The lowest BCUT2D eigenvalue weighted by molar-refractivity contribution is -0.138. The van der Waals surface area contributed by atoms with Gasteiger partial charge in [-0.15, -0.1) is 0 Å². The Hall–Kier alpha value is -1.92. The van der Waals surface area contributed by atoms with Crippen molar-refractivity contribution >= 4 is 11.9 Å². The van der Waals surface area contributed by atoms with Crippen LogP contribution in [0.25, 0.3) is 6.08 Å². The smallest absolute Gasteiger partial charge is 0.141 e. The van der Waals surface area contributed by atoms with Crippen LogP contribution in [-0.4, -0.2) is 29.3 Å². The standard InChI is InChI=1S/C21H24N2O/c1-16(24)21-14-20(15-22,23-12-6-2-3-7-13-23)19(21)11-10-17-8-4-5-9-18(17)21/h4-5,8-11,19H,2-3,6-7,12-14H2,1H3/t19?,20-,21+/m1/s1. The van der Waals surface area contributed by atoms with E-state index in [4.69, 9.17) is 0 Å². The second-order valence-electron chi connectivity index (χ2n) is 7.57. The number of likely N-dealkylation sites (tertiary alicyclic amines) is 1. The van der Waals surface area contributed by atoms with Gasteiger partial charge in [0, 0.05) is 5.92 Å². The number of hydrogen-bond donors (Lipinski definition) is 0. The second-order valence-corrected chi connectivity index (χ2v) is 7.57. The highest BCUT2D eigenvalue weighted by Gasteiger charge is 2.69. The van der Waals surface area contributed by atoms with Crippen molar-refractivity contribution in [3.05, 3.63) is 41.5 Å². The molecule has 0 aromatic heterocycles. The molecule has 1 saturated heterocycles. The molecule has 1 saturated carbocycles. The first-order valence-electron chi connectivity index (χ1n) is 9.10. The Balaban J connectivity index is 1.79. The minimum absolute atomic E-state index is 0.0273. The molecule has 0 radical (unpaired) electrons. The van der Waals surface area contributed by atoms with Crippen molar-refractivity contribution in [2.24, 2.45) is 5.92 Å². The molecular weight excluding hydrogens is 296 g/mol.